The van der Waals surface area contributed by atoms with Crippen LogP contribution in [0.15, 0.2) is 48.5 Å². The Hall–Kier alpha value is -2.14. The molecule has 0 spiro atoms. The number of esters is 1. The van der Waals surface area contributed by atoms with Gasteiger partial charge in [0.2, 0.25) is 0 Å². The summed E-state index contributed by atoms with van der Waals surface area (Å²) in [5, 5.41) is 0. The predicted octanol–water partition coefficient (Wildman–Crippen LogP) is 3.29. The van der Waals surface area contributed by atoms with Crippen molar-refractivity contribution in [2.24, 2.45) is 0 Å². The number of ether oxygens (including phenoxy) is 2. The van der Waals surface area contributed by atoms with E-state index in [1.165, 1.54) is 0 Å². The fourth-order valence-corrected chi connectivity index (χ4v) is 3.52. The van der Waals surface area contributed by atoms with E-state index in [0.29, 0.717) is 24.5 Å². The molecule has 1 aliphatic heterocycles. The fourth-order valence-electron chi connectivity index (χ4n) is 2.87. The van der Waals surface area contributed by atoms with Crippen molar-refractivity contribution in [3.05, 3.63) is 65.2 Å². The van der Waals surface area contributed by atoms with E-state index in [0.717, 1.165) is 23.3 Å². The fraction of sp³-hybridized carbons (Fsp3) is 0.316. The molecule has 2 aromatic carbocycles. The maximum absolute atomic E-state index is 12.3. The molecular formula is C19H20O4S. The largest absolute Gasteiger partial charge is 0.493 e. The first-order chi connectivity index (χ1) is 11.6. The van der Waals surface area contributed by atoms with Gasteiger partial charge in [0, 0.05) is 34.3 Å². The van der Waals surface area contributed by atoms with Gasteiger partial charge in [-0.05, 0) is 30.2 Å². The number of hydrogen-bond acceptors (Lipinski definition) is 4. The Morgan fingerprint density at radius 1 is 1.25 bits per heavy atom. The summed E-state index contributed by atoms with van der Waals surface area (Å²) in [6, 6.07) is 15.0. The van der Waals surface area contributed by atoms with Gasteiger partial charge in [-0.3, -0.25) is 4.21 Å². The predicted molar refractivity (Wildman–Crippen MR) is 93.8 cm³/mol. The number of carbonyl (C=O) groups is 1. The standard InChI is InChI=1S/C19H20O4S/c1-24(21)13-14-5-4-6-15(11-14)19(20)23-12-16-9-10-22-18-8-3-2-7-17(16)18/h2-8,11,16H,9-10,12-13H2,1H3/t16-,24+/m0/s1. The third kappa shape index (κ3) is 4.03. The highest BCUT2D eigenvalue weighted by atomic mass is 32.2. The van der Waals surface area contributed by atoms with E-state index in [1.54, 1.807) is 24.5 Å². The molecular weight excluding hydrogens is 324 g/mol. The summed E-state index contributed by atoms with van der Waals surface area (Å²) in [5.41, 5.74) is 2.46. The average molecular weight is 344 g/mol. The minimum Gasteiger partial charge on any atom is -0.493 e. The molecule has 0 saturated carbocycles. The molecule has 3 rings (SSSR count). The number of rotatable bonds is 5. The van der Waals surface area contributed by atoms with Crippen LogP contribution < -0.4 is 4.74 Å². The zero-order valence-corrected chi connectivity index (χ0v) is 14.4. The van der Waals surface area contributed by atoms with Crippen molar-refractivity contribution < 1.29 is 18.5 Å². The molecule has 24 heavy (non-hydrogen) atoms. The average Bonchev–Trinajstić information content (AvgIpc) is 2.59. The van der Waals surface area contributed by atoms with Gasteiger partial charge in [-0.1, -0.05) is 30.3 Å². The van der Waals surface area contributed by atoms with Gasteiger partial charge in [0.1, 0.15) is 5.75 Å². The molecule has 0 saturated heterocycles. The van der Waals surface area contributed by atoms with Crippen molar-refractivity contribution in [1.82, 2.24) is 0 Å². The van der Waals surface area contributed by atoms with Gasteiger partial charge in [0.25, 0.3) is 0 Å². The minimum absolute atomic E-state index is 0.158. The SMILES string of the molecule is C[S@@](=O)Cc1cccc(C(=O)OC[C@@H]2CCOc3ccccc32)c1. The molecule has 0 aliphatic carbocycles. The number of fused-ring (bicyclic) bond motifs is 1. The maximum Gasteiger partial charge on any atom is 0.338 e. The van der Waals surface area contributed by atoms with Gasteiger partial charge < -0.3 is 9.47 Å². The Labute approximate surface area is 144 Å². The van der Waals surface area contributed by atoms with Crippen LogP contribution in [0.4, 0.5) is 0 Å². The Bertz CT molecular complexity index is 757. The Balaban J connectivity index is 1.65. The molecule has 126 valence electrons. The van der Waals surface area contributed by atoms with Crippen LogP contribution in [-0.2, 0) is 21.3 Å². The van der Waals surface area contributed by atoms with E-state index in [1.807, 2.05) is 30.3 Å². The molecule has 1 heterocycles. The summed E-state index contributed by atoms with van der Waals surface area (Å²) in [6.07, 6.45) is 2.48. The molecule has 0 unspecified atom stereocenters. The maximum atomic E-state index is 12.3. The lowest BCUT2D eigenvalue weighted by atomic mass is 9.94. The van der Waals surface area contributed by atoms with Crippen LogP contribution in [0.25, 0.3) is 0 Å². The van der Waals surface area contributed by atoms with Gasteiger partial charge >= 0.3 is 5.97 Å². The molecule has 0 amide bonds. The smallest absolute Gasteiger partial charge is 0.338 e. The summed E-state index contributed by atoms with van der Waals surface area (Å²) in [7, 11) is -0.937. The van der Waals surface area contributed by atoms with E-state index in [-0.39, 0.29) is 11.9 Å². The van der Waals surface area contributed by atoms with Crippen molar-refractivity contribution in [3.8, 4) is 5.75 Å². The lowest BCUT2D eigenvalue weighted by molar-refractivity contribution is 0.0459. The summed E-state index contributed by atoms with van der Waals surface area (Å²) in [6.45, 7) is 0.972. The van der Waals surface area contributed by atoms with Gasteiger partial charge in [-0.25, -0.2) is 4.79 Å². The van der Waals surface area contributed by atoms with E-state index in [2.05, 4.69) is 0 Å². The van der Waals surface area contributed by atoms with Crippen LogP contribution in [0.2, 0.25) is 0 Å². The number of para-hydroxylation sites is 1. The molecule has 4 nitrogen and oxygen atoms in total. The molecule has 0 radical (unpaired) electrons. The second kappa shape index (κ2) is 7.62. The van der Waals surface area contributed by atoms with Crippen LogP contribution >= 0.6 is 0 Å². The number of carbonyl (C=O) groups excluding carboxylic acids is 1. The third-order valence-corrected chi connectivity index (χ3v) is 4.77. The van der Waals surface area contributed by atoms with Crippen molar-refractivity contribution >= 4 is 16.8 Å². The van der Waals surface area contributed by atoms with Crippen molar-refractivity contribution in [1.29, 1.82) is 0 Å². The highest BCUT2D eigenvalue weighted by Gasteiger charge is 2.22. The quantitative estimate of drug-likeness (QED) is 0.781. The van der Waals surface area contributed by atoms with Gasteiger partial charge in [0.05, 0.1) is 18.8 Å². The number of benzene rings is 2. The first kappa shape index (κ1) is 16.7. The Kier molecular flexibility index (Phi) is 5.30. The van der Waals surface area contributed by atoms with Crippen molar-refractivity contribution in [2.45, 2.75) is 18.1 Å². The van der Waals surface area contributed by atoms with Crippen LogP contribution in [0.1, 0.15) is 33.8 Å². The minimum atomic E-state index is -0.937. The van der Waals surface area contributed by atoms with Crippen molar-refractivity contribution in [3.63, 3.8) is 0 Å². The molecule has 1 aliphatic rings. The van der Waals surface area contributed by atoms with Crippen LogP contribution in [0.3, 0.4) is 0 Å². The second-order valence-corrected chi connectivity index (χ2v) is 7.32. The van der Waals surface area contributed by atoms with E-state index < -0.39 is 10.8 Å². The lowest BCUT2D eigenvalue weighted by Crippen LogP contribution is -2.20. The normalized spacial score (nSPS) is 17.5. The third-order valence-electron chi connectivity index (χ3n) is 4.03. The first-order valence-electron chi connectivity index (χ1n) is 7.91. The number of hydrogen-bond donors (Lipinski definition) is 0. The monoisotopic (exact) mass is 344 g/mol. The Morgan fingerprint density at radius 2 is 2.08 bits per heavy atom. The highest BCUT2D eigenvalue weighted by Crippen LogP contribution is 2.33. The first-order valence-corrected chi connectivity index (χ1v) is 9.64. The highest BCUT2D eigenvalue weighted by molar-refractivity contribution is 7.83. The lowest BCUT2D eigenvalue weighted by Gasteiger charge is -2.25. The zero-order chi connectivity index (χ0) is 16.9. The van der Waals surface area contributed by atoms with Crippen molar-refractivity contribution in [2.75, 3.05) is 19.5 Å². The van der Waals surface area contributed by atoms with E-state index in [9.17, 15) is 9.00 Å². The Morgan fingerprint density at radius 3 is 2.92 bits per heavy atom. The summed E-state index contributed by atoms with van der Waals surface area (Å²) < 4.78 is 22.5. The van der Waals surface area contributed by atoms with E-state index >= 15 is 0 Å². The van der Waals surface area contributed by atoms with E-state index in [4.69, 9.17) is 9.47 Å². The van der Waals surface area contributed by atoms with Gasteiger partial charge in [0.15, 0.2) is 0 Å². The van der Waals surface area contributed by atoms with Crippen LogP contribution in [0.5, 0.6) is 5.75 Å². The molecule has 2 aromatic rings. The van der Waals surface area contributed by atoms with Gasteiger partial charge in [-0.15, -0.1) is 0 Å². The molecule has 5 heteroatoms. The van der Waals surface area contributed by atoms with Gasteiger partial charge in [-0.2, -0.15) is 0 Å². The molecule has 0 aromatic heterocycles. The van der Waals surface area contributed by atoms with Crippen LogP contribution in [-0.4, -0.2) is 29.6 Å². The second-order valence-electron chi connectivity index (χ2n) is 5.89. The molecule has 0 fully saturated rings. The van der Waals surface area contributed by atoms with Crippen LogP contribution in [0, 0.1) is 0 Å². The summed E-state index contributed by atoms with van der Waals surface area (Å²) >= 11 is 0. The summed E-state index contributed by atoms with van der Waals surface area (Å²) in [4.78, 5) is 12.3. The molecule has 2 atom stereocenters. The zero-order valence-electron chi connectivity index (χ0n) is 13.6. The topological polar surface area (TPSA) is 52.6 Å². The summed E-state index contributed by atoms with van der Waals surface area (Å²) in [5.74, 6) is 1.12. The molecule has 0 N–H and O–H groups in total. The molecule has 0 bridgehead atoms.